The number of hydrogen-bond acceptors (Lipinski definition) is 3. The summed E-state index contributed by atoms with van der Waals surface area (Å²) in [6.07, 6.45) is 3.44. The molecule has 1 rings (SSSR count). The molecule has 0 aromatic carbocycles. The lowest BCUT2D eigenvalue weighted by atomic mass is 9.82. The monoisotopic (exact) mass is 275 g/mol. The predicted octanol–water partition coefficient (Wildman–Crippen LogP) is 2.77. The normalized spacial score (nSPS) is 23.8. The van der Waals surface area contributed by atoms with Crippen LogP contribution in [0, 0.1) is 5.92 Å². The molecule has 106 valence electrons. The van der Waals surface area contributed by atoms with Crippen molar-refractivity contribution in [2.75, 3.05) is 0 Å². The summed E-state index contributed by atoms with van der Waals surface area (Å²) in [6.45, 7) is 7.08. The molecule has 1 aliphatic carbocycles. The SMILES string of the molecule is CC(=O)[C@H]1CCCC[C@H]1NC(=O)OC(C)(C)C.S. The van der Waals surface area contributed by atoms with E-state index in [1.54, 1.807) is 6.92 Å². The highest BCUT2D eigenvalue weighted by Crippen LogP contribution is 2.25. The van der Waals surface area contributed by atoms with Crippen LogP contribution in [0.5, 0.6) is 0 Å². The molecule has 1 aliphatic rings. The first-order valence-electron chi connectivity index (χ1n) is 6.29. The maximum Gasteiger partial charge on any atom is 0.407 e. The second-order valence-electron chi connectivity index (χ2n) is 5.75. The van der Waals surface area contributed by atoms with Crippen molar-refractivity contribution in [3.8, 4) is 0 Å². The van der Waals surface area contributed by atoms with Crippen LogP contribution in [0.4, 0.5) is 4.79 Å². The van der Waals surface area contributed by atoms with Crippen molar-refractivity contribution >= 4 is 25.4 Å². The number of amides is 1. The molecule has 5 heteroatoms. The number of Topliss-reactive ketones (excluding diaryl/α,β-unsaturated/α-hetero) is 1. The molecule has 1 saturated carbocycles. The summed E-state index contributed by atoms with van der Waals surface area (Å²) in [7, 11) is 0. The number of carbonyl (C=O) groups is 2. The molecule has 2 atom stereocenters. The maximum absolute atomic E-state index is 11.7. The highest BCUT2D eigenvalue weighted by molar-refractivity contribution is 7.59. The van der Waals surface area contributed by atoms with Crippen LogP contribution in [0.3, 0.4) is 0 Å². The van der Waals surface area contributed by atoms with E-state index in [2.05, 4.69) is 5.32 Å². The Balaban J connectivity index is 0.00000289. The van der Waals surface area contributed by atoms with Gasteiger partial charge < -0.3 is 10.1 Å². The second-order valence-corrected chi connectivity index (χ2v) is 5.75. The molecule has 1 amide bonds. The summed E-state index contributed by atoms with van der Waals surface area (Å²) in [5.74, 6) is 0.113. The van der Waals surface area contributed by atoms with Crippen molar-refractivity contribution in [1.29, 1.82) is 0 Å². The quantitative estimate of drug-likeness (QED) is 0.843. The van der Waals surface area contributed by atoms with Gasteiger partial charge in [0.2, 0.25) is 0 Å². The summed E-state index contributed by atoms with van der Waals surface area (Å²) in [4.78, 5) is 23.1. The lowest BCUT2D eigenvalue weighted by Gasteiger charge is -2.31. The molecular weight excluding hydrogens is 250 g/mol. The zero-order valence-electron chi connectivity index (χ0n) is 11.7. The molecule has 0 radical (unpaired) electrons. The first-order valence-corrected chi connectivity index (χ1v) is 6.29. The summed E-state index contributed by atoms with van der Waals surface area (Å²) in [6, 6.07) is -0.0592. The van der Waals surface area contributed by atoms with E-state index >= 15 is 0 Å². The van der Waals surface area contributed by atoms with Gasteiger partial charge >= 0.3 is 6.09 Å². The minimum atomic E-state index is -0.496. The molecule has 0 saturated heterocycles. The first kappa shape index (κ1) is 17.3. The van der Waals surface area contributed by atoms with Crippen molar-refractivity contribution in [3.63, 3.8) is 0 Å². The number of ketones is 1. The highest BCUT2D eigenvalue weighted by atomic mass is 32.1. The van der Waals surface area contributed by atoms with Crippen LogP contribution in [0.2, 0.25) is 0 Å². The van der Waals surface area contributed by atoms with Crippen molar-refractivity contribution in [2.24, 2.45) is 5.92 Å². The third-order valence-corrected chi connectivity index (χ3v) is 2.99. The van der Waals surface area contributed by atoms with Gasteiger partial charge in [-0.1, -0.05) is 12.8 Å². The van der Waals surface area contributed by atoms with Gasteiger partial charge in [0, 0.05) is 12.0 Å². The van der Waals surface area contributed by atoms with Crippen LogP contribution in [0.25, 0.3) is 0 Å². The van der Waals surface area contributed by atoms with Crippen molar-refractivity contribution in [3.05, 3.63) is 0 Å². The molecule has 0 bridgehead atoms. The first-order chi connectivity index (χ1) is 7.79. The van der Waals surface area contributed by atoms with Crippen LogP contribution in [0.1, 0.15) is 53.4 Å². The van der Waals surface area contributed by atoms with E-state index in [9.17, 15) is 9.59 Å². The van der Waals surface area contributed by atoms with Gasteiger partial charge in [0.15, 0.2) is 0 Å². The molecular formula is C13H25NO3S. The van der Waals surface area contributed by atoms with E-state index in [0.717, 1.165) is 25.7 Å². The molecule has 0 unspecified atom stereocenters. The Morgan fingerprint density at radius 1 is 1.17 bits per heavy atom. The molecule has 1 N–H and O–H groups in total. The molecule has 4 nitrogen and oxygen atoms in total. The molecule has 0 aromatic rings. The van der Waals surface area contributed by atoms with Crippen LogP contribution in [0.15, 0.2) is 0 Å². The van der Waals surface area contributed by atoms with Gasteiger partial charge in [0.25, 0.3) is 0 Å². The summed E-state index contributed by atoms with van der Waals surface area (Å²) in [5, 5.41) is 2.82. The topological polar surface area (TPSA) is 55.4 Å². The van der Waals surface area contributed by atoms with Gasteiger partial charge in [0.1, 0.15) is 11.4 Å². The highest BCUT2D eigenvalue weighted by Gasteiger charge is 2.30. The Morgan fingerprint density at radius 3 is 2.22 bits per heavy atom. The Labute approximate surface area is 116 Å². The Hall–Kier alpha value is -0.710. The third-order valence-electron chi connectivity index (χ3n) is 2.99. The van der Waals surface area contributed by atoms with Crippen LogP contribution in [-0.4, -0.2) is 23.5 Å². The van der Waals surface area contributed by atoms with Gasteiger partial charge in [0.05, 0.1) is 0 Å². The fourth-order valence-corrected chi connectivity index (χ4v) is 2.25. The van der Waals surface area contributed by atoms with Gasteiger partial charge in [-0.2, -0.15) is 13.5 Å². The fourth-order valence-electron chi connectivity index (χ4n) is 2.25. The van der Waals surface area contributed by atoms with E-state index in [-0.39, 0.29) is 31.2 Å². The van der Waals surface area contributed by atoms with E-state index in [0.29, 0.717) is 0 Å². The van der Waals surface area contributed by atoms with Crippen LogP contribution >= 0.6 is 13.5 Å². The Morgan fingerprint density at radius 2 is 1.72 bits per heavy atom. The minimum Gasteiger partial charge on any atom is -0.444 e. The van der Waals surface area contributed by atoms with E-state index < -0.39 is 11.7 Å². The second kappa shape index (κ2) is 7.02. The maximum atomic E-state index is 11.7. The molecule has 1 fully saturated rings. The van der Waals surface area contributed by atoms with E-state index in [1.165, 1.54) is 0 Å². The minimum absolute atomic E-state index is 0. The predicted molar refractivity (Wildman–Crippen MR) is 76.2 cm³/mol. The molecule has 18 heavy (non-hydrogen) atoms. The van der Waals surface area contributed by atoms with E-state index in [4.69, 9.17) is 4.74 Å². The smallest absolute Gasteiger partial charge is 0.407 e. The zero-order valence-corrected chi connectivity index (χ0v) is 12.7. The van der Waals surface area contributed by atoms with Gasteiger partial charge in [-0.15, -0.1) is 0 Å². The number of rotatable bonds is 2. The molecule has 0 aliphatic heterocycles. The van der Waals surface area contributed by atoms with Gasteiger partial charge in [-0.25, -0.2) is 4.79 Å². The Bertz CT molecular complexity index is 299. The van der Waals surface area contributed by atoms with Crippen molar-refractivity contribution in [2.45, 2.75) is 65.0 Å². The number of ether oxygens (including phenoxy) is 1. The summed E-state index contributed by atoms with van der Waals surface area (Å²) in [5.41, 5.74) is -0.496. The van der Waals surface area contributed by atoms with Crippen LogP contribution in [-0.2, 0) is 9.53 Å². The van der Waals surface area contributed by atoms with E-state index in [1.807, 2.05) is 20.8 Å². The van der Waals surface area contributed by atoms with Gasteiger partial charge in [-0.05, 0) is 40.5 Å². The zero-order chi connectivity index (χ0) is 13.1. The number of alkyl carbamates (subject to hydrolysis) is 1. The number of hydrogen-bond donors (Lipinski definition) is 1. The largest absolute Gasteiger partial charge is 0.444 e. The average Bonchev–Trinajstić information content (AvgIpc) is 2.14. The summed E-state index contributed by atoms with van der Waals surface area (Å²) < 4.78 is 5.21. The standard InChI is InChI=1S/C13H23NO3.H2S/c1-9(15)10-7-5-6-8-11(10)14-12(16)17-13(2,3)4;/h10-11H,5-8H2,1-4H3,(H,14,16);1H2/t10-,11-;/m1./s1. The number of carbonyl (C=O) groups excluding carboxylic acids is 2. The lowest BCUT2D eigenvalue weighted by Crippen LogP contribution is -2.46. The van der Waals surface area contributed by atoms with Crippen molar-refractivity contribution < 1.29 is 14.3 Å². The van der Waals surface area contributed by atoms with Gasteiger partial charge in [-0.3, -0.25) is 4.79 Å². The molecule has 0 heterocycles. The third kappa shape index (κ3) is 5.76. The fraction of sp³-hybridized carbons (Fsp3) is 0.846. The Kier molecular flexibility index (Phi) is 6.74. The lowest BCUT2D eigenvalue weighted by molar-refractivity contribution is -0.122. The van der Waals surface area contributed by atoms with Crippen molar-refractivity contribution in [1.82, 2.24) is 5.32 Å². The average molecular weight is 275 g/mol. The summed E-state index contributed by atoms with van der Waals surface area (Å²) >= 11 is 0. The molecule has 0 aromatic heterocycles. The van der Waals surface area contributed by atoms with Crippen LogP contribution < -0.4 is 5.32 Å². The molecule has 0 spiro atoms. The number of nitrogens with one attached hydrogen (secondary N) is 1.